The topological polar surface area (TPSA) is 24.7 Å². The second-order valence-electron chi connectivity index (χ2n) is 15.0. The van der Waals surface area contributed by atoms with E-state index in [4.69, 9.17) is 9.98 Å². The van der Waals surface area contributed by atoms with E-state index in [0.717, 1.165) is 57.3 Å². The molecule has 0 unspecified atom stereocenters. The highest BCUT2D eigenvalue weighted by molar-refractivity contribution is 8.15. The van der Waals surface area contributed by atoms with E-state index in [9.17, 15) is 0 Å². The molecule has 0 bridgehead atoms. The van der Waals surface area contributed by atoms with Crippen molar-refractivity contribution in [1.29, 1.82) is 0 Å². The second kappa shape index (κ2) is 15.3. The quantitative estimate of drug-likeness (QED) is 0.126. The molecule has 0 radical (unpaired) electrons. The average Bonchev–Trinajstić information content (AvgIpc) is 3.17. The molecule has 0 spiro atoms. The van der Waals surface area contributed by atoms with Crippen LogP contribution in [0.1, 0.15) is 75.6 Å². The Balaban J connectivity index is 1.31. The SMILES string of the molecule is CC(C)CCCc1ccc(-c2cc3c4c(c(-c5ccc(CCCC(C)C)cc5)cc5c4c2N=C(c2ccccc2)S5)N=C(c2ccccc2)S3)cc1. The summed E-state index contributed by atoms with van der Waals surface area (Å²) in [6, 6.07) is 44.6. The molecule has 0 N–H and O–H groups in total. The molecule has 0 aromatic heterocycles. The maximum Gasteiger partial charge on any atom is 0.109 e. The van der Waals surface area contributed by atoms with Crippen molar-refractivity contribution in [2.24, 2.45) is 21.8 Å². The van der Waals surface area contributed by atoms with Gasteiger partial charge in [-0.1, -0.05) is 173 Å². The molecule has 0 amide bonds. The van der Waals surface area contributed by atoms with E-state index < -0.39 is 0 Å². The summed E-state index contributed by atoms with van der Waals surface area (Å²) >= 11 is 3.57. The summed E-state index contributed by atoms with van der Waals surface area (Å²) in [5, 5.41) is 4.49. The van der Waals surface area contributed by atoms with Crippen LogP contribution in [0.2, 0.25) is 0 Å². The van der Waals surface area contributed by atoms with Crippen LogP contribution < -0.4 is 0 Å². The molecule has 0 fully saturated rings. The Morgan fingerprint density at radius 3 is 1.21 bits per heavy atom. The van der Waals surface area contributed by atoms with Crippen LogP contribution >= 0.6 is 23.5 Å². The van der Waals surface area contributed by atoms with Crippen molar-refractivity contribution in [3.8, 4) is 22.3 Å². The highest BCUT2D eigenvalue weighted by Gasteiger charge is 2.30. The van der Waals surface area contributed by atoms with Crippen molar-refractivity contribution >= 4 is 55.8 Å². The highest BCUT2D eigenvalue weighted by atomic mass is 32.2. The first-order valence-electron chi connectivity index (χ1n) is 18.9. The summed E-state index contributed by atoms with van der Waals surface area (Å²) in [6.45, 7) is 9.24. The van der Waals surface area contributed by atoms with Gasteiger partial charge in [-0.3, -0.25) is 0 Å². The van der Waals surface area contributed by atoms with Gasteiger partial charge in [-0.15, -0.1) is 0 Å². The lowest BCUT2D eigenvalue weighted by atomic mass is 9.92. The lowest BCUT2D eigenvalue weighted by molar-refractivity contribution is 0.556. The van der Waals surface area contributed by atoms with E-state index in [1.165, 1.54) is 79.6 Å². The zero-order chi connectivity index (χ0) is 35.6. The molecule has 2 aliphatic heterocycles. The van der Waals surface area contributed by atoms with Crippen LogP contribution in [-0.4, -0.2) is 10.1 Å². The van der Waals surface area contributed by atoms with Crippen LogP contribution in [0.5, 0.6) is 0 Å². The van der Waals surface area contributed by atoms with Crippen LogP contribution in [0.3, 0.4) is 0 Å². The Bertz CT molecular complexity index is 2100. The van der Waals surface area contributed by atoms with Crippen LogP contribution in [0.25, 0.3) is 33.0 Å². The molecule has 6 aromatic carbocycles. The molecule has 260 valence electrons. The molecule has 6 aromatic rings. The Hall–Kier alpha value is -4.38. The number of aliphatic imine (C=N–C) groups is 2. The van der Waals surface area contributed by atoms with Gasteiger partial charge in [-0.2, -0.15) is 0 Å². The second-order valence-corrected chi connectivity index (χ2v) is 17.1. The van der Waals surface area contributed by atoms with E-state index in [2.05, 4.69) is 149 Å². The van der Waals surface area contributed by atoms with Gasteiger partial charge >= 0.3 is 0 Å². The fourth-order valence-corrected chi connectivity index (χ4v) is 9.51. The number of aryl methyl sites for hydroxylation is 2. The maximum atomic E-state index is 5.50. The van der Waals surface area contributed by atoms with E-state index >= 15 is 0 Å². The Labute approximate surface area is 317 Å². The molecular weight excluding hydrogens is 669 g/mol. The first-order chi connectivity index (χ1) is 25.4. The average molecular weight is 715 g/mol. The largest absolute Gasteiger partial charge is 0.240 e. The number of hydrogen-bond donors (Lipinski definition) is 0. The molecule has 0 saturated heterocycles. The number of rotatable bonds is 12. The summed E-state index contributed by atoms with van der Waals surface area (Å²) in [4.78, 5) is 13.5. The molecule has 2 aliphatic rings. The van der Waals surface area contributed by atoms with Crippen molar-refractivity contribution < 1.29 is 0 Å². The molecule has 52 heavy (non-hydrogen) atoms. The van der Waals surface area contributed by atoms with Gasteiger partial charge in [0.1, 0.15) is 10.1 Å². The number of thioether (sulfide) groups is 2. The van der Waals surface area contributed by atoms with Crippen molar-refractivity contribution in [3.63, 3.8) is 0 Å². The Kier molecular flexibility index (Phi) is 10.2. The molecular formula is C48H46N2S2. The summed E-state index contributed by atoms with van der Waals surface area (Å²) < 4.78 is 0. The molecule has 0 aliphatic carbocycles. The summed E-state index contributed by atoms with van der Waals surface area (Å²) in [5.41, 5.74) is 11.9. The minimum Gasteiger partial charge on any atom is -0.240 e. The van der Waals surface area contributed by atoms with Crippen LogP contribution in [0.4, 0.5) is 11.4 Å². The molecule has 8 rings (SSSR count). The minimum atomic E-state index is 0.733. The molecule has 4 heteroatoms. The Morgan fingerprint density at radius 1 is 0.462 bits per heavy atom. The standard InChI is InChI=1S/C48H46N2S2/c1-31(2)13-11-15-33-21-25-35(26-22-33)39-29-41-44-43-42(52-47(49-45(39)43)37-17-7-5-8-18-37)30-40(36-27-23-34(24-28-36)16-12-14-32(3)4)46(44)50-48(51-41)38-19-9-6-10-20-38/h5-10,17-32H,11-16H2,1-4H3. The lowest BCUT2D eigenvalue weighted by Gasteiger charge is -2.27. The third kappa shape index (κ3) is 7.29. The van der Waals surface area contributed by atoms with Gasteiger partial charge in [0.15, 0.2) is 0 Å². The van der Waals surface area contributed by atoms with Crippen LogP contribution in [-0.2, 0) is 12.8 Å². The molecule has 2 heterocycles. The van der Waals surface area contributed by atoms with Gasteiger partial charge in [-0.05, 0) is 71.9 Å². The van der Waals surface area contributed by atoms with Crippen molar-refractivity contribution in [3.05, 3.63) is 144 Å². The van der Waals surface area contributed by atoms with E-state index in [0.29, 0.717) is 0 Å². The number of benzene rings is 6. The minimum absolute atomic E-state index is 0.733. The fraction of sp³-hybridized carbons (Fsp3) is 0.250. The molecule has 0 saturated carbocycles. The predicted molar refractivity (Wildman–Crippen MR) is 227 cm³/mol. The first kappa shape index (κ1) is 34.7. The molecule has 0 atom stereocenters. The maximum absolute atomic E-state index is 5.50. The van der Waals surface area contributed by atoms with Crippen molar-refractivity contribution in [2.75, 3.05) is 0 Å². The molecule has 2 nitrogen and oxygen atoms in total. The Morgan fingerprint density at radius 2 is 0.846 bits per heavy atom. The number of hydrogen-bond acceptors (Lipinski definition) is 4. The van der Waals surface area contributed by atoms with Gasteiger partial charge in [-0.25, -0.2) is 9.98 Å². The summed E-state index contributed by atoms with van der Waals surface area (Å²) in [7, 11) is 0. The normalized spacial score (nSPS) is 13.5. The third-order valence-electron chi connectivity index (χ3n) is 10.2. The van der Waals surface area contributed by atoms with Gasteiger partial charge in [0.25, 0.3) is 0 Å². The monoisotopic (exact) mass is 714 g/mol. The smallest absolute Gasteiger partial charge is 0.109 e. The van der Waals surface area contributed by atoms with E-state index in [1.807, 2.05) is 0 Å². The van der Waals surface area contributed by atoms with Gasteiger partial charge in [0, 0.05) is 42.8 Å². The lowest BCUT2D eigenvalue weighted by Crippen LogP contribution is -2.05. The van der Waals surface area contributed by atoms with Crippen molar-refractivity contribution in [2.45, 2.75) is 76.0 Å². The van der Waals surface area contributed by atoms with Gasteiger partial charge < -0.3 is 0 Å². The van der Waals surface area contributed by atoms with Crippen LogP contribution in [0, 0.1) is 11.8 Å². The zero-order valence-electron chi connectivity index (χ0n) is 30.7. The third-order valence-corrected chi connectivity index (χ3v) is 12.3. The van der Waals surface area contributed by atoms with E-state index in [1.54, 1.807) is 23.5 Å². The zero-order valence-corrected chi connectivity index (χ0v) is 32.3. The van der Waals surface area contributed by atoms with Gasteiger partial charge in [0.05, 0.1) is 11.4 Å². The summed E-state index contributed by atoms with van der Waals surface area (Å²) in [5.74, 6) is 1.47. The van der Waals surface area contributed by atoms with E-state index in [-0.39, 0.29) is 0 Å². The first-order valence-corrected chi connectivity index (χ1v) is 20.5. The summed E-state index contributed by atoms with van der Waals surface area (Å²) in [6.07, 6.45) is 7.18. The van der Waals surface area contributed by atoms with Gasteiger partial charge in [0.2, 0.25) is 0 Å². The number of nitrogens with zero attached hydrogens (tertiary/aromatic N) is 2. The van der Waals surface area contributed by atoms with Crippen molar-refractivity contribution in [1.82, 2.24) is 0 Å². The highest BCUT2D eigenvalue weighted by Crippen LogP contribution is 2.57. The predicted octanol–water partition coefficient (Wildman–Crippen LogP) is 14.5. The fourth-order valence-electron chi connectivity index (χ4n) is 7.36. The van der Waals surface area contributed by atoms with Crippen LogP contribution in [0.15, 0.2) is 141 Å².